The second-order valence-electron chi connectivity index (χ2n) is 12.7. The Morgan fingerprint density at radius 2 is 1.06 bits per heavy atom. The molecule has 0 radical (unpaired) electrons. The number of ether oxygens (including phenoxy) is 2. The van der Waals surface area contributed by atoms with E-state index < -0.39 is 0 Å². The quantitative estimate of drug-likeness (QED) is 0.200. The summed E-state index contributed by atoms with van der Waals surface area (Å²) in [6, 6.07) is 58.0. The van der Waals surface area contributed by atoms with Gasteiger partial charge in [0.15, 0.2) is 28.8 Å². The SMILES string of the molecule is c1ccc(C2=NC(c3ccccc3)NC(c3cccc(-c4ccc5c(c4)Oc4ccc(-n6c7ccccc7c7ccccc76)cc4O5)c3)=N2)cc1. The van der Waals surface area contributed by atoms with Gasteiger partial charge in [0, 0.05) is 28.0 Å². The van der Waals surface area contributed by atoms with Crippen molar-refractivity contribution < 1.29 is 9.47 Å². The van der Waals surface area contributed by atoms with E-state index in [-0.39, 0.29) is 6.17 Å². The van der Waals surface area contributed by atoms with Crippen molar-refractivity contribution in [3.05, 3.63) is 187 Å². The largest absolute Gasteiger partial charge is 0.449 e. The van der Waals surface area contributed by atoms with E-state index in [4.69, 9.17) is 19.5 Å². The van der Waals surface area contributed by atoms with Gasteiger partial charge < -0.3 is 19.4 Å². The van der Waals surface area contributed by atoms with Crippen molar-refractivity contribution in [3.63, 3.8) is 0 Å². The minimum absolute atomic E-state index is 0.262. The zero-order valence-corrected chi connectivity index (χ0v) is 27.4. The topological polar surface area (TPSA) is 60.1 Å². The number of benzene rings is 7. The molecule has 1 atom stereocenters. The van der Waals surface area contributed by atoms with Crippen LogP contribution in [-0.2, 0) is 0 Å². The molecule has 8 aromatic rings. The monoisotopic (exact) mass is 658 g/mol. The molecular formula is C45H30N4O2. The first-order valence-corrected chi connectivity index (χ1v) is 17.0. The minimum atomic E-state index is -0.262. The maximum absolute atomic E-state index is 6.48. The lowest BCUT2D eigenvalue weighted by Crippen LogP contribution is -2.33. The third-order valence-corrected chi connectivity index (χ3v) is 9.51. The molecule has 51 heavy (non-hydrogen) atoms. The van der Waals surface area contributed by atoms with Gasteiger partial charge in [-0.1, -0.05) is 121 Å². The summed E-state index contributed by atoms with van der Waals surface area (Å²) < 4.78 is 15.2. The summed E-state index contributed by atoms with van der Waals surface area (Å²) in [6.07, 6.45) is -0.262. The molecule has 7 aromatic carbocycles. The Morgan fingerprint density at radius 1 is 0.471 bits per heavy atom. The predicted octanol–water partition coefficient (Wildman–Crippen LogP) is 10.8. The van der Waals surface area contributed by atoms with Gasteiger partial charge >= 0.3 is 0 Å². The molecule has 0 fully saturated rings. The molecule has 0 spiro atoms. The van der Waals surface area contributed by atoms with Crippen LogP contribution in [0.4, 0.5) is 0 Å². The fourth-order valence-electron chi connectivity index (χ4n) is 7.05. The molecule has 3 heterocycles. The van der Waals surface area contributed by atoms with E-state index in [0.29, 0.717) is 28.8 Å². The van der Waals surface area contributed by atoms with Crippen molar-refractivity contribution in [2.75, 3.05) is 0 Å². The number of hydrogen-bond donors (Lipinski definition) is 1. The Hall–Kier alpha value is -6.92. The van der Waals surface area contributed by atoms with Gasteiger partial charge in [-0.05, 0) is 59.2 Å². The summed E-state index contributed by atoms with van der Waals surface area (Å²) in [5, 5.41) is 6.01. The number of fused-ring (bicyclic) bond motifs is 5. The van der Waals surface area contributed by atoms with Gasteiger partial charge in [-0.2, -0.15) is 0 Å². The standard InChI is InChI=1S/C45H30N4O2/c1-3-12-29(13-4-1)43-46-44(30-14-5-2-6-15-30)48-45(47-43)33-17-11-16-31(26-33)32-22-24-39-41(27-32)50-40-25-23-34(28-42(40)51-39)49-37-20-9-7-18-35(37)36-19-8-10-21-38(36)49/h1-28,43H,(H,46,47,48). The van der Waals surface area contributed by atoms with E-state index in [1.54, 1.807) is 0 Å². The van der Waals surface area contributed by atoms with Gasteiger partial charge in [0.1, 0.15) is 12.0 Å². The van der Waals surface area contributed by atoms with Gasteiger partial charge in [0.05, 0.1) is 16.7 Å². The lowest BCUT2D eigenvalue weighted by molar-refractivity contribution is 0.359. The van der Waals surface area contributed by atoms with E-state index in [1.807, 2.05) is 66.7 Å². The lowest BCUT2D eigenvalue weighted by Gasteiger charge is -2.24. The predicted molar refractivity (Wildman–Crippen MR) is 205 cm³/mol. The maximum atomic E-state index is 6.48. The first-order chi connectivity index (χ1) is 25.2. The summed E-state index contributed by atoms with van der Waals surface area (Å²) in [4.78, 5) is 9.97. The minimum Gasteiger partial charge on any atom is -0.449 e. The summed E-state index contributed by atoms with van der Waals surface area (Å²) >= 11 is 0. The van der Waals surface area contributed by atoms with Crippen molar-refractivity contribution in [2.45, 2.75) is 6.17 Å². The lowest BCUT2D eigenvalue weighted by atomic mass is 10.0. The first kappa shape index (κ1) is 29.0. The first-order valence-electron chi connectivity index (χ1n) is 17.0. The Morgan fingerprint density at radius 3 is 1.80 bits per heavy atom. The summed E-state index contributed by atoms with van der Waals surface area (Å²) in [7, 11) is 0. The average Bonchev–Trinajstić information content (AvgIpc) is 3.54. The van der Waals surface area contributed by atoms with Crippen LogP contribution in [0.5, 0.6) is 23.0 Å². The molecule has 0 aliphatic carbocycles. The molecule has 2 aliphatic heterocycles. The highest BCUT2D eigenvalue weighted by Crippen LogP contribution is 2.48. The summed E-state index contributed by atoms with van der Waals surface area (Å²) in [5.41, 5.74) is 8.38. The number of aliphatic imine (C=N–C) groups is 2. The third-order valence-electron chi connectivity index (χ3n) is 9.51. The van der Waals surface area contributed by atoms with E-state index in [2.05, 4.69) is 113 Å². The molecule has 0 bridgehead atoms. The average molecular weight is 659 g/mol. The van der Waals surface area contributed by atoms with Gasteiger partial charge in [-0.3, -0.25) is 0 Å². The molecule has 6 nitrogen and oxygen atoms in total. The normalized spacial score (nSPS) is 14.8. The molecule has 10 rings (SSSR count). The molecular weight excluding hydrogens is 629 g/mol. The van der Waals surface area contributed by atoms with Crippen LogP contribution in [0.2, 0.25) is 0 Å². The Kier molecular flexibility index (Phi) is 6.77. The number of hydrogen-bond acceptors (Lipinski definition) is 5. The number of para-hydroxylation sites is 2. The van der Waals surface area contributed by atoms with Crippen LogP contribution in [0.25, 0.3) is 38.6 Å². The van der Waals surface area contributed by atoms with Gasteiger partial charge in [-0.25, -0.2) is 9.98 Å². The number of aromatic nitrogens is 1. The van der Waals surface area contributed by atoms with Gasteiger partial charge in [0.2, 0.25) is 0 Å². The maximum Gasteiger partial charge on any atom is 0.172 e. The van der Waals surface area contributed by atoms with E-state index in [9.17, 15) is 0 Å². The highest BCUT2D eigenvalue weighted by atomic mass is 16.6. The molecule has 1 unspecified atom stereocenters. The molecule has 6 heteroatoms. The van der Waals surface area contributed by atoms with E-state index in [0.717, 1.165) is 50.4 Å². The second kappa shape index (κ2) is 11.9. The Labute approximate surface area is 294 Å². The van der Waals surface area contributed by atoms with Crippen LogP contribution in [0.1, 0.15) is 22.9 Å². The number of amidine groups is 2. The van der Waals surface area contributed by atoms with Gasteiger partial charge in [-0.15, -0.1) is 0 Å². The van der Waals surface area contributed by atoms with Crippen LogP contribution in [0.15, 0.2) is 180 Å². The highest BCUT2D eigenvalue weighted by molar-refractivity contribution is 6.13. The Bertz CT molecular complexity index is 2620. The van der Waals surface area contributed by atoms with Crippen LogP contribution in [-0.4, -0.2) is 16.2 Å². The van der Waals surface area contributed by atoms with Crippen molar-refractivity contribution in [3.8, 4) is 39.8 Å². The third kappa shape index (κ3) is 5.13. The molecule has 0 amide bonds. The molecule has 0 saturated heterocycles. The van der Waals surface area contributed by atoms with E-state index in [1.165, 1.54) is 10.8 Å². The summed E-state index contributed by atoms with van der Waals surface area (Å²) in [5.74, 6) is 4.17. The fourth-order valence-corrected chi connectivity index (χ4v) is 7.05. The Balaban J connectivity index is 0.965. The number of nitrogens with zero attached hydrogens (tertiary/aromatic N) is 3. The summed E-state index contributed by atoms with van der Waals surface area (Å²) in [6.45, 7) is 0. The van der Waals surface area contributed by atoms with Crippen molar-refractivity contribution in [2.24, 2.45) is 9.98 Å². The van der Waals surface area contributed by atoms with Gasteiger partial charge in [0.25, 0.3) is 0 Å². The van der Waals surface area contributed by atoms with Crippen LogP contribution in [0.3, 0.4) is 0 Å². The number of rotatable bonds is 5. The fraction of sp³-hybridized carbons (Fsp3) is 0.0222. The smallest absolute Gasteiger partial charge is 0.172 e. The zero-order valence-electron chi connectivity index (χ0n) is 27.4. The van der Waals surface area contributed by atoms with Crippen LogP contribution >= 0.6 is 0 Å². The second-order valence-corrected chi connectivity index (χ2v) is 12.7. The van der Waals surface area contributed by atoms with Crippen molar-refractivity contribution in [1.82, 2.24) is 9.88 Å². The van der Waals surface area contributed by atoms with Crippen molar-refractivity contribution in [1.29, 1.82) is 0 Å². The van der Waals surface area contributed by atoms with Crippen LogP contribution < -0.4 is 14.8 Å². The molecule has 1 N–H and O–H groups in total. The molecule has 1 aromatic heterocycles. The highest BCUT2D eigenvalue weighted by Gasteiger charge is 2.23. The molecule has 0 saturated carbocycles. The molecule has 2 aliphatic rings. The number of nitrogens with one attached hydrogen (secondary N) is 1. The van der Waals surface area contributed by atoms with Crippen LogP contribution in [0, 0.1) is 0 Å². The zero-order chi connectivity index (χ0) is 33.7. The molecule has 242 valence electrons. The van der Waals surface area contributed by atoms with E-state index >= 15 is 0 Å². The van der Waals surface area contributed by atoms with Crippen molar-refractivity contribution >= 4 is 33.5 Å².